The van der Waals surface area contributed by atoms with Crippen molar-refractivity contribution in [1.29, 1.82) is 5.26 Å². The van der Waals surface area contributed by atoms with Crippen LogP contribution in [0, 0.1) is 11.3 Å². The van der Waals surface area contributed by atoms with Gasteiger partial charge in [0.15, 0.2) is 11.6 Å². The minimum atomic E-state index is 0.570. The number of aromatic nitrogens is 7. The zero-order valence-corrected chi connectivity index (χ0v) is 34.2. The summed E-state index contributed by atoms with van der Waals surface area (Å²) in [7, 11) is 0. The largest absolute Gasteiger partial charge is 0.307 e. The highest BCUT2D eigenvalue weighted by Gasteiger charge is 2.23. The van der Waals surface area contributed by atoms with Crippen LogP contribution in [0.5, 0.6) is 0 Å². The average Bonchev–Trinajstić information content (AvgIpc) is 3.89. The molecule has 12 aromatic rings. The number of benzene rings is 7. The van der Waals surface area contributed by atoms with E-state index in [4.69, 9.17) is 24.9 Å². The van der Waals surface area contributed by atoms with Crippen LogP contribution in [0.2, 0.25) is 0 Å². The van der Waals surface area contributed by atoms with Gasteiger partial charge in [-0.25, -0.2) is 19.9 Å². The predicted octanol–water partition coefficient (Wildman–Crippen LogP) is 13.1. The molecule has 0 N–H and O–H groups in total. The average molecular weight is 819 g/mol. The molecular formula is C56H34N8. The second kappa shape index (κ2) is 15.1. The van der Waals surface area contributed by atoms with E-state index in [1.165, 1.54) is 0 Å². The molecule has 5 aromatic heterocycles. The van der Waals surface area contributed by atoms with E-state index in [9.17, 15) is 5.26 Å². The molecule has 0 aliphatic carbocycles. The van der Waals surface area contributed by atoms with Crippen molar-refractivity contribution in [3.05, 3.63) is 212 Å². The van der Waals surface area contributed by atoms with Crippen molar-refractivity contribution in [3.8, 4) is 73.9 Å². The lowest BCUT2D eigenvalue weighted by molar-refractivity contribution is 1.09. The number of nitriles is 1. The Hall–Kier alpha value is -9.06. The Morgan fingerprint density at radius 2 is 0.859 bits per heavy atom. The molecule has 0 spiro atoms. The van der Waals surface area contributed by atoms with E-state index in [1.807, 2.05) is 91.5 Å². The van der Waals surface area contributed by atoms with Crippen molar-refractivity contribution in [3.63, 3.8) is 0 Å². The number of hydrogen-bond acceptors (Lipinski definition) is 6. The van der Waals surface area contributed by atoms with Crippen LogP contribution in [0.3, 0.4) is 0 Å². The maximum Gasteiger partial charge on any atom is 0.159 e. The molecule has 0 radical (unpaired) electrons. The third-order valence-corrected chi connectivity index (χ3v) is 12.0. The van der Waals surface area contributed by atoms with Gasteiger partial charge in [-0.3, -0.25) is 4.98 Å². The van der Waals surface area contributed by atoms with Gasteiger partial charge in [0.1, 0.15) is 0 Å². The third kappa shape index (κ3) is 6.11. The second-order valence-electron chi connectivity index (χ2n) is 15.7. The first-order chi connectivity index (χ1) is 31.7. The van der Waals surface area contributed by atoms with Crippen LogP contribution in [0.1, 0.15) is 5.56 Å². The monoisotopic (exact) mass is 818 g/mol. The van der Waals surface area contributed by atoms with Gasteiger partial charge in [-0.05, 0) is 78.4 Å². The van der Waals surface area contributed by atoms with E-state index in [2.05, 4.69) is 130 Å². The van der Waals surface area contributed by atoms with Gasteiger partial charge >= 0.3 is 0 Å². The summed E-state index contributed by atoms with van der Waals surface area (Å²) in [6.45, 7) is 0. The van der Waals surface area contributed by atoms with Crippen molar-refractivity contribution >= 4 is 43.6 Å². The highest BCUT2D eigenvalue weighted by Crippen LogP contribution is 2.43. The van der Waals surface area contributed by atoms with Crippen LogP contribution in [0.4, 0.5) is 0 Å². The van der Waals surface area contributed by atoms with Crippen molar-refractivity contribution in [2.45, 2.75) is 0 Å². The lowest BCUT2D eigenvalue weighted by atomic mass is 10.0. The fourth-order valence-corrected chi connectivity index (χ4v) is 9.10. The van der Waals surface area contributed by atoms with Gasteiger partial charge in [0.2, 0.25) is 0 Å². The summed E-state index contributed by atoms with van der Waals surface area (Å²) in [4.78, 5) is 24.5. The van der Waals surface area contributed by atoms with E-state index in [-0.39, 0.29) is 0 Å². The van der Waals surface area contributed by atoms with E-state index in [1.54, 1.807) is 0 Å². The van der Waals surface area contributed by atoms with Crippen molar-refractivity contribution in [2.24, 2.45) is 0 Å². The van der Waals surface area contributed by atoms with Crippen LogP contribution >= 0.6 is 0 Å². The summed E-state index contributed by atoms with van der Waals surface area (Å²) < 4.78 is 4.59. The number of pyridine rings is 1. The van der Waals surface area contributed by atoms with Gasteiger partial charge in [-0.2, -0.15) is 5.26 Å². The number of nitrogens with zero attached hydrogens (tertiary/aromatic N) is 8. The van der Waals surface area contributed by atoms with Gasteiger partial charge in [0, 0.05) is 61.8 Å². The van der Waals surface area contributed by atoms with Crippen LogP contribution in [-0.2, 0) is 0 Å². The van der Waals surface area contributed by atoms with Gasteiger partial charge in [0.25, 0.3) is 0 Å². The molecule has 12 rings (SSSR count). The zero-order valence-electron chi connectivity index (χ0n) is 34.2. The molecule has 0 unspecified atom stereocenters. The Labute approximate surface area is 367 Å². The first-order valence-corrected chi connectivity index (χ1v) is 21.0. The van der Waals surface area contributed by atoms with E-state index in [0.29, 0.717) is 17.2 Å². The molecule has 0 aliphatic heterocycles. The van der Waals surface area contributed by atoms with Crippen LogP contribution in [0.15, 0.2) is 207 Å². The summed E-state index contributed by atoms with van der Waals surface area (Å²) in [6.07, 6.45) is 7.52. The fraction of sp³-hybridized carbons (Fsp3) is 0. The third-order valence-electron chi connectivity index (χ3n) is 12.0. The molecule has 0 aliphatic rings. The van der Waals surface area contributed by atoms with Gasteiger partial charge < -0.3 is 9.13 Å². The first kappa shape index (κ1) is 36.8. The molecule has 8 heteroatoms. The highest BCUT2D eigenvalue weighted by atomic mass is 15.0. The minimum absolute atomic E-state index is 0.570. The molecule has 8 nitrogen and oxygen atoms in total. The zero-order chi connectivity index (χ0) is 42.6. The fourth-order valence-electron chi connectivity index (χ4n) is 9.10. The molecule has 5 heterocycles. The molecule has 0 fully saturated rings. The summed E-state index contributed by atoms with van der Waals surface area (Å²) in [6, 6.07) is 64.3. The molecule has 64 heavy (non-hydrogen) atoms. The van der Waals surface area contributed by atoms with Gasteiger partial charge in [-0.1, -0.05) is 109 Å². The lowest BCUT2D eigenvalue weighted by Gasteiger charge is -2.19. The van der Waals surface area contributed by atoms with Crippen LogP contribution in [0.25, 0.3) is 111 Å². The minimum Gasteiger partial charge on any atom is -0.307 e. The number of para-hydroxylation sites is 2. The van der Waals surface area contributed by atoms with E-state index in [0.717, 1.165) is 99.8 Å². The summed E-state index contributed by atoms with van der Waals surface area (Å²) >= 11 is 0. The van der Waals surface area contributed by atoms with Crippen molar-refractivity contribution in [2.75, 3.05) is 0 Å². The number of rotatable bonds is 7. The van der Waals surface area contributed by atoms with E-state index >= 15 is 0 Å². The Morgan fingerprint density at radius 1 is 0.391 bits per heavy atom. The number of fused-ring (bicyclic) bond motifs is 6. The molecular weight excluding hydrogens is 785 g/mol. The van der Waals surface area contributed by atoms with Crippen LogP contribution in [-0.4, -0.2) is 34.1 Å². The Morgan fingerprint density at radius 3 is 1.38 bits per heavy atom. The lowest BCUT2D eigenvalue weighted by Crippen LogP contribution is -2.05. The first-order valence-electron chi connectivity index (χ1n) is 21.0. The quantitative estimate of drug-likeness (QED) is 0.159. The molecule has 0 atom stereocenters. The smallest absolute Gasteiger partial charge is 0.159 e. The molecule has 0 saturated heterocycles. The number of hydrogen-bond donors (Lipinski definition) is 0. The maximum atomic E-state index is 10.2. The van der Waals surface area contributed by atoms with Crippen LogP contribution < -0.4 is 0 Å². The molecule has 0 saturated carbocycles. The Balaban J connectivity index is 1.08. The van der Waals surface area contributed by atoms with Crippen molar-refractivity contribution < 1.29 is 0 Å². The SMILES string of the molecule is N#Cc1cccc(-c2c(-n3c4ccccc4c4cc(-c5nccc(-c6ccccc6)n5)ccc43)cncc2-n2c3ccccc3c3cc(-c4nccc(-c5ccccc5)n4)ccc32)c1. The maximum absolute atomic E-state index is 10.2. The van der Waals surface area contributed by atoms with E-state index < -0.39 is 0 Å². The standard InChI is InChI=1S/C56H34N8/c57-33-36-12-11-17-39(30-36)54-52(63-48-20-9-7-18-42(48)44-31-40(22-24-50(44)63)55-59-28-26-46(61-55)37-13-3-1-4-14-37)34-58-35-53(54)64-49-21-10-8-19-43(49)45-32-41(23-25-51(45)64)56-60-29-27-47(62-56)38-15-5-2-6-16-38/h1-32,34-35H. The molecule has 0 amide bonds. The van der Waals surface area contributed by atoms with Crippen molar-refractivity contribution in [1.82, 2.24) is 34.1 Å². The summed E-state index contributed by atoms with van der Waals surface area (Å²) in [5.74, 6) is 1.31. The van der Waals surface area contributed by atoms with Gasteiger partial charge in [0.05, 0.1) is 68.9 Å². The second-order valence-corrected chi connectivity index (χ2v) is 15.7. The normalized spacial score (nSPS) is 11.4. The Kier molecular flexibility index (Phi) is 8.69. The predicted molar refractivity (Wildman–Crippen MR) is 256 cm³/mol. The molecule has 298 valence electrons. The highest BCUT2D eigenvalue weighted by molar-refractivity contribution is 6.13. The topological polar surface area (TPSA) is 98.1 Å². The molecule has 0 bridgehead atoms. The Bertz CT molecular complexity index is 3590. The van der Waals surface area contributed by atoms with Gasteiger partial charge in [-0.15, -0.1) is 0 Å². The summed E-state index contributed by atoms with van der Waals surface area (Å²) in [5, 5.41) is 14.5. The summed E-state index contributed by atoms with van der Waals surface area (Å²) in [5.41, 5.74) is 13.9. The molecule has 7 aromatic carbocycles.